The van der Waals surface area contributed by atoms with Crippen LogP contribution in [0.3, 0.4) is 0 Å². The molecule has 2 aliphatic heterocycles. The van der Waals surface area contributed by atoms with Gasteiger partial charge in [-0.1, -0.05) is 12.1 Å². The molecule has 0 aliphatic carbocycles. The van der Waals surface area contributed by atoms with Gasteiger partial charge < -0.3 is 14.4 Å². The number of ether oxygens (including phenoxy) is 2. The number of para-hydroxylation sites is 1. The number of pyridine rings is 1. The van der Waals surface area contributed by atoms with Gasteiger partial charge in [0.05, 0.1) is 23.4 Å². The summed E-state index contributed by atoms with van der Waals surface area (Å²) < 4.78 is 38.4. The molecule has 166 valence electrons. The number of nitrogens with zero attached hydrogens (tertiary/aromatic N) is 4. The lowest BCUT2D eigenvalue weighted by Gasteiger charge is -2.27. The summed E-state index contributed by atoms with van der Waals surface area (Å²) in [5, 5.41) is 5.50. The maximum Gasteiger partial charge on any atom is 0.586 e. The van der Waals surface area contributed by atoms with Gasteiger partial charge >= 0.3 is 6.29 Å². The minimum Gasteiger partial charge on any atom is -0.395 e. The molecule has 1 amide bonds. The van der Waals surface area contributed by atoms with E-state index in [1.165, 1.54) is 6.07 Å². The minimum absolute atomic E-state index is 0.00317. The summed E-state index contributed by atoms with van der Waals surface area (Å²) in [6.07, 6.45) is -1.44. The van der Waals surface area contributed by atoms with Crippen molar-refractivity contribution in [1.82, 2.24) is 19.7 Å². The molecule has 0 spiro atoms. The number of halogens is 2. The minimum atomic E-state index is -3.70. The number of hydrogen-bond acceptors (Lipinski definition) is 5. The monoisotopic (exact) mass is 448 g/mol. The van der Waals surface area contributed by atoms with Crippen LogP contribution in [0.2, 0.25) is 0 Å². The van der Waals surface area contributed by atoms with Crippen LogP contribution in [-0.2, 0) is 20.0 Å². The number of carbonyl (C=O) groups is 1. The van der Waals surface area contributed by atoms with Gasteiger partial charge in [0.1, 0.15) is 0 Å². The fourth-order valence-corrected chi connectivity index (χ4v) is 4.58. The molecule has 0 atom stereocenters. The fraction of sp³-hybridized carbons (Fsp3) is 0.208. The van der Waals surface area contributed by atoms with Crippen molar-refractivity contribution < 1.29 is 23.0 Å². The molecule has 0 N–H and O–H groups in total. The Hall–Kier alpha value is -4.01. The van der Waals surface area contributed by atoms with E-state index < -0.39 is 6.29 Å². The molecule has 0 saturated carbocycles. The third-order valence-electron chi connectivity index (χ3n) is 6.02. The SMILES string of the molecule is Cn1nc2c(c1-c1cccc3c1OC(F)(F)O3)CCN(C(=O)c1ccc3ncccc3c1)C2. The summed E-state index contributed by atoms with van der Waals surface area (Å²) in [6, 6.07) is 14.0. The first-order valence-corrected chi connectivity index (χ1v) is 10.5. The van der Waals surface area contributed by atoms with Crippen LogP contribution in [0.25, 0.3) is 22.2 Å². The Labute approximate surface area is 187 Å². The highest BCUT2D eigenvalue weighted by Gasteiger charge is 2.45. The second-order valence-corrected chi connectivity index (χ2v) is 8.09. The number of amides is 1. The van der Waals surface area contributed by atoms with Crippen molar-refractivity contribution in [3.05, 3.63) is 71.5 Å². The van der Waals surface area contributed by atoms with Gasteiger partial charge in [0, 0.05) is 41.9 Å². The third kappa shape index (κ3) is 3.19. The Kier molecular flexibility index (Phi) is 4.17. The number of fused-ring (bicyclic) bond motifs is 3. The van der Waals surface area contributed by atoms with E-state index in [9.17, 15) is 13.6 Å². The first kappa shape index (κ1) is 19.7. The molecule has 0 fully saturated rings. The van der Waals surface area contributed by atoms with Gasteiger partial charge in [-0.3, -0.25) is 14.5 Å². The summed E-state index contributed by atoms with van der Waals surface area (Å²) in [5.74, 6) is -0.0991. The van der Waals surface area contributed by atoms with Gasteiger partial charge in [-0.05, 0) is 42.8 Å². The number of rotatable bonds is 2. The zero-order valence-corrected chi connectivity index (χ0v) is 17.6. The van der Waals surface area contributed by atoms with Crippen LogP contribution in [-0.4, -0.2) is 38.4 Å². The molecular weight excluding hydrogens is 430 g/mol. The number of aryl methyl sites for hydroxylation is 1. The van der Waals surface area contributed by atoms with Gasteiger partial charge in [0.25, 0.3) is 5.91 Å². The molecule has 9 heteroatoms. The number of hydrogen-bond donors (Lipinski definition) is 0. The van der Waals surface area contributed by atoms with Crippen molar-refractivity contribution >= 4 is 16.8 Å². The molecule has 2 aromatic carbocycles. The number of alkyl halides is 2. The van der Waals surface area contributed by atoms with E-state index >= 15 is 0 Å². The van der Waals surface area contributed by atoms with Gasteiger partial charge in [0.2, 0.25) is 0 Å². The van der Waals surface area contributed by atoms with Crippen molar-refractivity contribution in [2.75, 3.05) is 6.54 Å². The van der Waals surface area contributed by atoms with Crippen molar-refractivity contribution in [1.29, 1.82) is 0 Å². The number of aromatic nitrogens is 3. The highest BCUT2D eigenvalue weighted by atomic mass is 19.3. The zero-order chi connectivity index (χ0) is 22.7. The van der Waals surface area contributed by atoms with Crippen molar-refractivity contribution in [2.45, 2.75) is 19.3 Å². The summed E-state index contributed by atoms with van der Waals surface area (Å²) in [7, 11) is 1.75. The largest absolute Gasteiger partial charge is 0.586 e. The van der Waals surface area contributed by atoms with E-state index in [4.69, 9.17) is 4.74 Å². The summed E-state index contributed by atoms with van der Waals surface area (Å²) in [4.78, 5) is 19.2. The highest BCUT2D eigenvalue weighted by molar-refractivity contribution is 5.98. The lowest BCUT2D eigenvalue weighted by atomic mass is 9.98. The van der Waals surface area contributed by atoms with E-state index in [2.05, 4.69) is 14.8 Å². The van der Waals surface area contributed by atoms with E-state index in [-0.39, 0.29) is 17.4 Å². The predicted octanol–water partition coefficient (Wildman–Crippen LogP) is 4.16. The third-order valence-corrected chi connectivity index (χ3v) is 6.02. The normalized spacial score (nSPS) is 16.2. The highest BCUT2D eigenvalue weighted by Crippen LogP contribution is 2.48. The molecule has 0 bridgehead atoms. The molecule has 0 radical (unpaired) electrons. The Bertz CT molecular complexity index is 1430. The molecule has 2 aromatic heterocycles. The second kappa shape index (κ2) is 6.99. The lowest BCUT2D eigenvalue weighted by molar-refractivity contribution is -0.286. The molecule has 2 aliphatic rings. The number of benzene rings is 2. The molecule has 0 saturated heterocycles. The van der Waals surface area contributed by atoms with Crippen LogP contribution in [0.5, 0.6) is 11.5 Å². The molecular formula is C24H18F2N4O3. The van der Waals surface area contributed by atoms with Crippen LogP contribution in [0.4, 0.5) is 8.78 Å². The summed E-state index contributed by atoms with van der Waals surface area (Å²) in [5.41, 5.74) is 4.24. The Morgan fingerprint density at radius 2 is 2.00 bits per heavy atom. The van der Waals surface area contributed by atoms with Crippen LogP contribution in [0.15, 0.2) is 54.7 Å². The Balaban J connectivity index is 1.32. The number of carbonyl (C=O) groups excluding carboxylic acids is 1. The van der Waals surface area contributed by atoms with Crippen LogP contribution in [0, 0.1) is 0 Å². The van der Waals surface area contributed by atoms with Crippen molar-refractivity contribution in [3.63, 3.8) is 0 Å². The maximum absolute atomic E-state index is 13.7. The Morgan fingerprint density at radius 1 is 1.12 bits per heavy atom. The van der Waals surface area contributed by atoms with Crippen molar-refractivity contribution in [3.8, 4) is 22.8 Å². The quantitative estimate of drug-likeness (QED) is 0.461. The predicted molar refractivity (Wildman–Crippen MR) is 115 cm³/mol. The van der Waals surface area contributed by atoms with Gasteiger partial charge in [-0.2, -0.15) is 5.10 Å². The second-order valence-electron chi connectivity index (χ2n) is 8.09. The van der Waals surface area contributed by atoms with E-state index in [0.717, 1.165) is 22.2 Å². The smallest absolute Gasteiger partial charge is 0.395 e. The molecule has 7 nitrogen and oxygen atoms in total. The summed E-state index contributed by atoms with van der Waals surface area (Å²) in [6.45, 7) is 0.813. The molecule has 4 aromatic rings. The average molecular weight is 448 g/mol. The summed E-state index contributed by atoms with van der Waals surface area (Å²) >= 11 is 0. The maximum atomic E-state index is 13.7. The topological polar surface area (TPSA) is 69.5 Å². The molecule has 6 rings (SSSR count). The molecule has 0 unspecified atom stereocenters. The van der Waals surface area contributed by atoms with Crippen LogP contribution >= 0.6 is 0 Å². The first-order chi connectivity index (χ1) is 15.9. The van der Waals surface area contributed by atoms with E-state index in [1.807, 2.05) is 24.3 Å². The molecule has 33 heavy (non-hydrogen) atoms. The first-order valence-electron chi connectivity index (χ1n) is 10.5. The van der Waals surface area contributed by atoms with Gasteiger partial charge in [-0.25, -0.2) is 0 Å². The van der Waals surface area contributed by atoms with Gasteiger partial charge in [-0.15, -0.1) is 8.78 Å². The lowest BCUT2D eigenvalue weighted by Crippen LogP contribution is -2.36. The van der Waals surface area contributed by atoms with E-state index in [0.29, 0.717) is 36.3 Å². The zero-order valence-electron chi connectivity index (χ0n) is 17.6. The van der Waals surface area contributed by atoms with Gasteiger partial charge in [0.15, 0.2) is 11.5 Å². The standard InChI is InChI=1S/C24H18F2N4O3/c1-29-21(17-5-2-6-20-22(17)33-24(25,26)32-20)16-9-11-30(13-19(16)28-29)23(31)15-7-8-18-14(12-15)4-3-10-27-18/h2-8,10,12H,9,11,13H2,1H3. The average Bonchev–Trinajstić information content (AvgIpc) is 3.31. The van der Waals surface area contributed by atoms with Crippen LogP contribution < -0.4 is 9.47 Å². The Morgan fingerprint density at radius 3 is 2.88 bits per heavy atom. The molecule has 4 heterocycles. The van der Waals surface area contributed by atoms with E-state index in [1.54, 1.807) is 41.0 Å². The van der Waals surface area contributed by atoms with Crippen molar-refractivity contribution in [2.24, 2.45) is 7.05 Å². The van der Waals surface area contributed by atoms with Crippen LogP contribution in [0.1, 0.15) is 21.6 Å². The fourth-order valence-electron chi connectivity index (χ4n) is 4.58.